The predicted molar refractivity (Wildman–Crippen MR) is 91.9 cm³/mol. The quantitative estimate of drug-likeness (QED) is 0.912. The number of amidine groups is 1. The molecule has 0 saturated heterocycles. The van der Waals surface area contributed by atoms with Crippen LogP contribution in [-0.2, 0) is 9.53 Å². The first kappa shape index (κ1) is 15.8. The highest BCUT2D eigenvalue weighted by Gasteiger charge is 2.37. The summed E-state index contributed by atoms with van der Waals surface area (Å²) in [7, 11) is 0. The fraction of sp³-hybridized carbons (Fsp3) is 0.500. The maximum atomic E-state index is 12.3. The van der Waals surface area contributed by atoms with Crippen LogP contribution in [0, 0.1) is 0 Å². The van der Waals surface area contributed by atoms with Gasteiger partial charge in [0.1, 0.15) is 0 Å². The molecule has 1 aromatic rings. The molecule has 1 aliphatic carbocycles. The first-order valence-electron chi connectivity index (χ1n) is 7.59. The Morgan fingerprint density at radius 2 is 2.23 bits per heavy atom. The Bertz CT molecular complexity index is 593. The third kappa shape index (κ3) is 3.47. The molecule has 1 heterocycles. The number of nitrogens with one attached hydrogen (secondary N) is 1. The van der Waals surface area contributed by atoms with Crippen molar-refractivity contribution in [1.82, 2.24) is 0 Å². The molecule has 0 aromatic heterocycles. The van der Waals surface area contributed by atoms with E-state index in [9.17, 15) is 4.79 Å². The zero-order chi connectivity index (χ0) is 15.5. The summed E-state index contributed by atoms with van der Waals surface area (Å²) in [4.78, 5) is 16.9. The van der Waals surface area contributed by atoms with Crippen LogP contribution >= 0.6 is 23.4 Å². The second-order valence-corrected chi connectivity index (χ2v) is 7.10. The topological polar surface area (TPSA) is 50.7 Å². The average molecular weight is 339 g/mol. The number of aliphatic imine (C=N–C) groups is 1. The van der Waals surface area contributed by atoms with Gasteiger partial charge in [0.05, 0.1) is 22.9 Å². The zero-order valence-corrected chi connectivity index (χ0v) is 14.0. The molecule has 118 valence electrons. The highest BCUT2D eigenvalue weighted by molar-refractivity contribution is 8.16. The van der Waals surface area contributed by atoms with Crippen LogP contribution in [0.15, 0.2) is 29.3 Å². The molecule has 3 rings (SSSR count). The smallest absolute Gasteiger partial charge is 0.254 e. The van der Waals surface area contributed by atoms with Gasteiger partial charge in [-0.3, -0.25) is 9.79 Å². The molecule has 1 aliphatic heterocycles. The van der Waals surface area contributed by atoms with Crippen molar-refractivity contribution < 1.29 is 9.53 Å². The van der Waals surface area contributed by atoms with Crippen LogP contribution in [0.2, 0.25) is 5.02 Å². The first-order valence-corrected chi connectivity index (χ1v) is 8.85. The zero-order valence-electron chi connectivity index (χ0n) is 12.4. The van der Waals surface area contributed by atoms with Crippen LogP contribution in [0.25, 0.3) is 0 Å². The van der Waals surface area contributed by atoms with E-state index in [1.165, 1.54) is 11.8 Å². The van der Waals surface area contributed by atoms with E-state index in [4.69, 9.17) is 16.3 Å². The molecule has 22 heavy (non-hydrogen) atoms. The van der Waals surface area contributed by atoms with E-state index >= 15 is 0 Å². The standard InChI is InChI=1S/C16H19ClN2O2S/c1-2-21-10-7-8-14-13(9-10)19-15(16(20)22-14)18-12-6-4-3-5-11(12)17/h3-6,10,13-14H,2,7-9H2,1H3,(H,18,19). The van der Waals surface area contributed by atoms with Gasteiger partial charge in [-0.25, -0.2) is 0 Å². The summed E-state index contributed by atoms with van der Waals surface area (Å²) < 4.78 is 5.73. The van der Waals surface area contributed by atoms with Gasteiger partial charge in [-0.2, -0.15) is 0 Å². The number of ether oxygens (including phenoxy) is 1. The number of benzene rings is 1. The number of nitrogens with zero attached hydrogens (tertiary/aromatic N) is 1. The lowest BCUT2D eigenvalue weighted by molar-refractivity contribution is -0.105. The van der Waals surface area contributed by atoms with Crippen LogP contribution < -0.4 is 5.32 Å². The Labute approximate surface area is 139 Å². The molecule has 1 aromatic carbocycles. The average Bonchev–Trinajstić information content (AvgIpc) is 2.51. The summed E-state index contributed by atoms with van der Waals surface area (Å²) in [5, 5.41) is 3.94. The number of rotatable bonds is 3. The number of para-hydroxylation sites is 1. The molecule has 1 N–H and O–H groups in total. The second kappa shape index (κ2) is 7.02. The number of hydrogen-bond acceptors (Lipinski definition) is 5. The summed E-state index contributed by atoms with van der Waals surface area (Å²) in [6, 6.07) is 7.51. The lowest BCUT2D eigenvalue weighted by Crippen LogP contribution is -2.41. The minimum atomic E-state index is -0.00368. The van der Waals surface area contributed by atoms with Crippen molar-refractivity contribution in [3.8, 4) is 0 Å². The van der Waals surface area contributed by atoms with Gasteiger partial charge in [0.2, 0.25) is 0 Å². The van der Waals surface area contributed by atoms with E-state index in [-0.39, 0.29) is 22.5 Å². The molecule has 3 unspecified atom stereocenters. The minimum absolute atomic E-state index is 0.00368. The number of thioether (sulfide) groups is 1. The molecule has 1 saturated carbocycles. The van der Waals surface area contributed by atoms with E-state index < -0.39 is 0 Å². The van der Waals surface area contributed by atoms with E-state index in [1.807, 2.05) is 25.1 Å². The van der Waals surface area contributed by atoms with Crippen molar-refractivity contribution in [1.29, 1.82) is 0 Å². The van der Waals surface area contributed by atoms with Crippen molar-refractivity contribution in [2.24, 2.45) is 4.99 Å². The van der Waals surface area contributed by atoms with Gasteiger partial charge in [-0.15, -0.1) is 0 Å². The minimum Gasteiger partial charge on any atom is -0.378 e. The van der Waals surface area contributed by atoms with E-state index in [0.29, 0.717) is 16.5 Å². The summed E-state index contributed by atoms with van der Waals surface area (Å²) in [5.41, 5.74) is 0.715. The number of carbonyl (C=O) groups is 1. The summed E-state index contributed by atoms with van der Waals surface area (Å²) >= 11 is 7.53. The third-order valence-corrected chi connectivity index (χ3v) is 5.57. The van der Waals surface area contributed by atoms with Crippen molar-refractivity contribution in [2.45, 2.75) is 43.6 Å². The van der Waals surface area contributed by atoms with E-state index in [1.54, 1.807) is 6.07 Å². The Hall–Kier alpha value is -1.04. The van der Waals surface area contributed by atoms with E-state index in [2.05, 4.69) is 10.3 Å². The van der Waals surface area contributed by atoms with Crippen LogP contribution in [-0.4, -0.2) is 35.0 Å². The summed E-state index contributed by atoms with van der Waals surface area (Å²) in [6.45, 7) is 2.74. The molecule has 0 radical (unpaired) electrons. The van der Waals surface area contributed by atoms with Gasteiger partial charge in [0.25, 0.3) is 5.12 Å². The second-order valence-electron chi connectivity index (χ2n) is 5.48. The van der Waals surface area contributed by atoms with Crippen molar-refractivity contribution in [3.63, 3.8) is 0 Å². The highest BCUT2D eigenvalue weighted by atomic mass is 35.5. The molecule has 6 heteroatoms. The van der Waals surface area contributed by atoms with Gasteiger partial charge < -0.3 is 10.1 Å². The predicted octanol–water partition coefficient (Wildman–Crippen LogP) is 3.75. The summed E-state index contributed by atoms with van der Waals surface area (Å²) in [5.74, 6) is 0.400. The van der Waals surface area contributed by atoms with Gasteiger partial charge in [0.15, 0.2) is 5.84 Å². The molecule has 2 aliphatic rings. The fourth-order valence-electron chi connectivity index (χ4n) is 2.93. The maximum Gasteiger partial charge on any atom is 0.254 e. The van der Waals surface area contributed by atoms with Gasteiger partial charge in [-0.05, 0) is 38.3 Å². The Morgan fingerprint density at radius 1 is 1.41 bits per heavy atom. The third-order valence-electron chi connectivity index (χ3n) is 3.98. The fourth-order valence-corrected chi connectivity index (χ4v) is 4.18. The van der Waals surface area contributed by atoms with Gasteiger partial charge >= 0.3 is 0 Å². The van der Waals surface area contributed by atoms with Crippen molar-refractivity contribution in [3.05, 3.63) is 29.3 Å². The van der Waals surface area contributed by atoms with Gasteiger partial charge in [0, 0.05) is 11.9 Å². The van der Waals surface area contributed by atoms with Crippen LogP contribution in [0.4, 0.5) is 5.69 Å². The van der Waals surface area contributed by atoms with Gasteiger partial charge in [-0.1, -0.05) is 35.5 Å². The molecule has 0 amide bonds. The number of anilines is 1. The highest BCUT2D eigenvalue weighted by Crippen LogP contribution is 2.36. The number of fused-ring (bicyclic) bond motifs is 1. The first-order chi connectivity index (χ1) is 10.7. The van der Waals surface area contributed by atoms with Crippen molar-refractivity contribution in [2.75, 3.05) is 11.9 Å². The maximum absolute atomic E-state index is 12.3. The number of halogens is 1. The molecular weight excluding hydrogens is 320 g/mol. The number of carbonyl (C=O) groups excluding carboxylic acids is 1. The molecule has 3 atom stereocenters. The largest absolute Gasteiger partial charge is 0.378 e. The monoisotopic (exact) mass is 338 g/mol. The summed E-state index contributed by atoms with van der Waals surface area (Å²) in [6.07, 6.45) is 3.13. The molecular formula is C16H19ClN2O2S. The van der Waals surface area contributed by atoms with Crippen LogP contribution in [0.3, 0.4) is 0 Å². The SMILES string of the molecule is CCOC1CCC2SC(=O)C(Nc3ccccc3Cl)=NC2C1. The number of hydrogen-bond donors (Lipinski definition) is 1. The molecule has 0 bridgehead atoms. The lowest BCUT2D eigenvalue weighted by Gasteiger charge is -2.35. The Kier molecular flexibility index (Phi) is 5.06. The van der Waals surface area contributed by atoms with Crippen molar-refractivity contribution >= 4 is 40.0 Å². The van der Waals surface area contributed by atoms with Crippen LogP contribution in [0.1, 0.15) is 26.2 Å². The molecule has 4 nitrogen and oxygen atoms in total. The normalized spacial score (nSPS) is 28.0. The molecule has 1 fully saturated rings. The van der Waals surface area contributed by atoms with E-state index in [0.717, 1.165) is 25.9 Å². The Morgan fingerprint density at radius 3 is 3.00 bits per heavy atom. The molecule has 0 spiro atoms. The van der Waals surface area contributed by atoms with Crippen LogP contribution in [0.5, 0.6) is 0 Å². The lowest BCUT2D eigenvalue weighted by atomic mass is 9.92. The Balaban J connectivity index is 1.76.